The number of rotatable bonds is 3. The van der Waals surface area contributed by atoms with Crippen molar-refractivity contribution < 1.29 is 13.2 Å². The Morgan fingerprint density at radius 1 is 1.26 bits per heavy atom. The average Bonchev–Trinajstić information content (AvgIpc) is 2.53. The molecule has 2 aromatic rings. The molecule has 1 N–H and O–H groups in total. The smallest absolute Gasteiger partial charge is 0.224 e. The van der Waals surface area contributed by atoms with Gasteiger partial charge in [0.15, 0.2) is 9.84 Å². The van der Waals surface area contributed by atoms with E-state index in [1.54, 1.807) is 30.5 Å². The molecule has 6 heteroatoms. The standard InChI is InChI=1S/C17H18N2O3S/c1-12-6-7-13(11-18-12)10-17(20)19-15-8-9-23(21,22)16-5-3-2-4-14(15)16/h2-7,11,15H,8-10H2,1H3,(H,19,20). The van der Waals surface area contributed by atoms with Crippen LogP contribution in [0.2, 0.25) is 0 Å². The molecule has 0 bridgehead atoms. The molecule has 2 heterocycles. The third kappa shape index (κ3) is 3.42. The highest BCUT2D eigenvalue weighted by atomic mass is 32.2. The van der Waals surface area contributed by atoms with Crippen LogP contribution in [0.15, 0.2) is 47.5 Å². The number of amides is 1. The summed E-state index contributed by atoms with van der Waals surface area (Å²) in [6.45, 7) is 1.89. The Balaban J connectivity index is 1.75. The Kier molecular flexibility index (Phi) is 4.17. The molecule has 1 aliphatic rings. The number of fused-ring (bicyclic) bond motifs is 1. The first kappa shape index (κ1) is 15.7. The number of aromatic nitrogens is 1. The van der Waals surface area contributed by atoms with Crippen molar-refractivity contribution >= 4 is 15.7 Å². The number of nitrogens with zero attached hydrogens (tertiary/aromatic N) is 1. The van der Waals surface area contributed by atoms with Crippen molar-refractivity contribution in [3.8, 4) is 0 Å². The SMILES string of the molecule is Cc1ccc(CC(=O)NC2CCS(=O)(=O)c3ccccc32)cn1. The highest BCUT2D eigenvalue weighted by Crippen LogP contribution is 2.31. The lowest BCUT2D eigenvalue weighted by atomic mass is 10.0. The maximum Gasteiger partial charge on any atom is 0.224 e. The minimum atomic E-state index is -3.24. The second-order valence-corrected chi connectivity index (χ2v) is 7.83. The topological polar surface area (TPSA) is 76.1 Å². The van der Waals surface area contributed by atoms with Crippen LogP contribution >= 0.6 is 0 Å². The van der Waals surface area contributed by atoms with E-state index in [0.717, 1.165) is 11.3 Å². The molecule has 0 fully saturated rings. The number of sulfone groups is 1. The van der Waals surface area contributed by atoms with E-state index in [1.165, 1.54) is 0 Å². The summed E-state index contributed by atoms with van der Waals surface area (Å²) in [6.07, 6.45) is 2.32. The molecule has 1 aliphatic heterocycles. The lowest BCUT2D eigenvalue weighted by molar-refractivity contribution is -0.121. The first-order valence-electron chi connectivity index (χ1n) is 7.48. The van der Waals surface area contributed by atoms with Gasteiger partial charge in [-0.15, -0.1) is 0 Å². The minimum absolute atomic E-state index is 0.0566. The predicted octanol–water partition coefficient (Wildman–Crippen LogP) is 1.97. The van der Waals surface area contributed by atoms with Crippen molar-refractivity contribution in [2.24, 2.45) is 0 Å². The molecule has 0 saturated heterocycles. The van der Waals surface area contributed by atoms with Crippen LogP contribution in [0.1, 0.15) is 29.3 Å². The van der Waals surface area contributed by atoms with Crippen LogP contribution in [0.5, 0.6) is 0 Å². The molecule has 1 amide bonds. The molecule has 120 valence electrons. The maximum atomic E-state index is 12.2. The van der Waals surface area contributed by atoms with Gasteiger partial charge in [0.1, 0.15) is 0 Å². The van der Waals surface area contributed by atoms with Gasteiger partial charge >= 0.3 is 0 Å². The summed E-state index contributed by atoms with van der Waals surface area (Å²) in [5.41, 5.74) is 2.42. The monoisotopic (exact) mass is 330 g/mol. The highest BCUT2D eigenvalue weighted by molar-refractivity contribution is 7.91. The van der Waals surface area contributed by atoms with Crippen molar-refractivity contribution in [2.45, 2.75) is 30.7 Å². The number of carbonyl (C=O) groups excluding carboxylic acids is 1. The molecule has 1 unspecified atom stereocenters. The molecular formula is C17H18N2O3S. The predicted molar refractivity (Wildman–Crippen MR) is 86.7 cm³/mol. The Morgan fingerprint density at radius 3 is 2.78 bits per heavy atom. The van der Waals surface area contributed by atoms with Crippen molar-refractivity contribution in [1.29, 1.82) is 0 Å². The molecular weight excluding hydrogens is 312 g/mol. The molecule has 0 saturated carbocycles. The molecule has 23 heavy (non-hydrogen) atoms. The van der Waals surface area contributed by atoms with Gasteiger partial charge in [-0.2, -0.15) is 0 Å². The molecule has 1 aromatic carbocycles. The van der Waals surface area contributed by atoms with Crippen LogP contribution < -0.4 is 5.32 Å². The number of pyridine rings is 1. The second-order valence-electron chi connectivity index (χ2n) is 5.75. The van der Waals surface area contributed by atoms with Gasteiger partial charge in [0.25, 0.3) is 0 Å². The zero-order chi connectivity index (χ0) is 16.4. The van der Waals surface area contributed by atoms with Gasteiger partial charge < -0.3 is 5.32 Å². The second kappa shape index (κ2) is 6.12. The largest absolute Gasteiger partial charge is 0.349 e. The molecule has 5 nitrogen and oxygen atoms in total. The first-order valence-corrected chi connectivity index (χ1v) is 9.13. The summed E-state index contributed by atoms with van der Waals surface area (Å²) in [6, 6.07) is 10.4. The third-order valence-electron chi connectivity index (χ3n) is 3.98. The number of hydrogen-bond donors (Lipinski definition) is 1. The number of aryl methyl sites for hydroxylation is 1. The number of hydrogen-bond acceptors (Lipinski definition) is 4. The van der Waals surface area contributed by atoms with Gasteiger partial charge in [-0.1, -0.05) is 24.3 Å². The lowest BCUT2D eigenvalue weighted by Crippen LogP contribution is -2.34. The van der Waals surface area contributed by atoms with E-state index in [4.69, 9.17) is 0 Å². The van der Waals surface area contributed by atoms with Gasteiger partial charge in [-0.3, -0.25) is 9.78 Å². The highest BCUT2D eigenvalue weighted by Gasteiger charge is 2.30. The van der Waals surface area contributed by atoms with Crippen LogP contribution in [0, 0.1) is 6.92 Å². The average molecular weight is 330 g/mol. The van der Waals surface area contributed by atoms with E-state index in [1.807, 2.05) is 19.1 Å². The van der Waals surface area contributed by atoms with Gasteiger partial charge in [-0.25, -0.2) is 8.42 Å². The Labute approximate surface area is 135 Å². The number of nitrogens with one attached hydrogen (secondary N) is 1. The van der Waals surface area contributed by atoms with Crippen LogP contribution in [-0.2, 0) is 21.1 Å². The van der Waals surface area contributed by atoms with E-state index >= 15 is 0 Å². The van der Waals surface area contributed by atoms with Crippen LogP contribution in [0.3, 0.4) is 0 Å². The summed E-state index contributed by atoms with van der Waals surface area (Å²) < 4.78 is 24.2. The Bertz CT molecular complexity index is 829. The van der Waals surface area contributed by atoms with Gasteiger partial charge in [0.05, 0.1) is 23.1 Å². The fourth-order valence-corrected chi connectivity index (χ4v) is 4.40. The summed E-state index contributed by atoms with van der Waals surface area (Å²) in [7, 11) is -3.24. The van der Waals surface area contributed by atoms with Gasteiger partial charge in [0, 0.05) is 11.9 Å². The van der Waals surface area contributed by atoms with Gasteiger partial charge in [0.2, 0.25) is 5.91 Å². The Morgan fingerprint density at radius 2 is 2.04 bits per heavy atom. The summed E-state index contributed by atoms with van der Waals surface area (Å²) in [4.78, 5) is 16.8. The minimum Gasteiger partial charge on any atom is -0.349 e. The summed E-state index contributed by atoms with van der Waals surface area (Å²) in [5.74, 6) is -0.0733. The molecule has 1 atom stereocenters. The van der Waals surface area contributed by atoms with E-state index in [-0.39, 0.29) is 24.1 Å². The zero-order valence-corrected chi connectivity index (χ0v) is 13.6. The van der Waals surface area contributed by atoms with E-state index in [9.17, 15) is 13.2 Å². The number of benzene rings is 1. The fourth-order valence-electron chi connectivity index (χ4n) is 2.77. The van der Waals surface area contributed by atoms with Crippen LogP contribution in [0.25, 0.3) is 0 Å². The normalized spacial score (nSPS) is 18.9. The van der Waals surface area contributed by atoms with Crippen LogP contribution in [-0.4, -0.2) is 25.1 Å². The molecule has 0 radical (unpaired) electrons. The number of carbonyl (C=O) groups is 1. The van der Waals surface area contributed by atoms with Gasteiger partial charge in [-0.05, 0) is 36.6 Å². The van der Waals surface area contributed by atoms with E-state index in [0.29, 0.717) is 16.9 Å². The van der Waals surface area contributed by atoms with E-state index in [2.05, 4.69) is 10.3 Å². The fraction of sp³-hybridized carbons (Fsp3) is 0.294. The first-order chi connectivity index (χ1) is 11.0. The summed E-state index contributed by atoms with van der Waals surface area (Å²) in [5, 5.41) is 2.94. The Hall–Kier alpha value is -2.21. The maximum absolute atomic E-state index is 12.2. The third-order valence-corrected chi connectivity index (χ3v) is 5.79. The summed E-state index contributed by atoms with van der Waals surface area (Å²) >= 11 is 0. The molecule has 0 aliphatic carbocycles. The molecule has 1 aromatic heterocycles. The van der Waals surface area contributed by atoms with Crippen molar-refractivity contribution in [3.63, 3.8) is 0 Å². The lowest BCUT2D eigenvalue weighted by Gasteiger charge is -2.26. The van der Waals surface area contributed by atoms with Crippen molar-refractivity contribution in [2.75, 3.05) is 5.75 Å². The molecule has 0 spiro atoms. The van der Waals surface area contributed by atoms with Crippen molar-refractivity contribution in [3.05, 3.63) is 59.4 Å². The van der Waals surface area contributed by atoms with Crippen LogP contribution in [0.4, 0.5) is 0 Å². The van der Waals surface area contributed by atoms with Crippen molar-refractivity contribution in [1.82, 2.24) is 10.3 Å². The quantitative estimate of drug-likeness (QED) is 0.933. The van der Waals surface area contributed by atoms with E-state index < -0.39 is 9.84 Å². The molecule has 3 rings (SSSR count). The zero-order valence-electron chi connectivity index (χ0n) is 12.8.